The third kappa shape index (κ3) is 5.47. The lowest BCUT2D eigenvalue weighted by molar-refractivity contribution is -0.202. The Morgan fingerprint density at radius 3 is 2.08 bits per heavy atom. The number of hydrogen-bond acceptors (Lipinski definition) is 8. The molecular formula is C18H22O8. The van der Waals surface area contributed by atoms with E-state index >= 15 is 0 Å². The predicted molar refractivity (Wildman–Crippen MR) is 88.9 cm³/mol. The Morgan fingerprint density at radius 2 is 1.65 bits per heavy atom. The Kier molecular flexibility index (Phi) is 8.08. The van der Waals surface area contributed by atoms with Gasteiger partial charge in [-0.25, -0.2) is 0 Å². The van der Waals surface area contributed by atoms with E-state index in [0.717, 1.165) is 20.8 Å². The van der Waals surface area contributed by atoms with Crippen molar-refractivity contribution >= 4 is 24.0 Å². The lowest BCUT2D eigenvalue weighted by Crippen LogP contribution is -2.60. The molecule has 1 N–H and O–H groups in total. The van der Waals surface area contributed by atoms with Gasteiger partial charge in [-0.05, 0) is 12.5 Å². The number of aliphatic hydroxyl groups excluding tert-OH is 1. The highest BCUT2D eigenvalue weighted by atomic mass is 16.6. The first-order valence-corrected chi connectivity index (χ1v) is 7.87. The van der Waals surface area contributed by atoms with Crippen LogP contribution in [0.2, 0.25) is 0 Å². The maximum Gasteiger partial charge on any atom is 0.303 e. The number of hydrogen-bond donors (Lipinski definition) is 1. The minimum Gasteiger partial charge on any atom is -0.456 e. The van der Waals surface area contributed by atoms with E-state index in [4.69, 9.17) is 14.2 Å². The smallest absolute Gasteiger partial charge is 0.303 e. The molecule has 8 nitrogen and oxygen atoms in total. The summed E-state index contributed by atoms with van der Waals surface area (Å²) in [5, 5.41) is 9.53. The van der Waals surface area contributed by atoms with Gasteiger partial charge in [0.2, 0.25) is 5.60 Å². The molecule has 1 aromatic carbocycles. The second kappa shape index (κ2) is 9.79. The number of Topliss-reactive ketones (excluding diaryl/α,β-unsaturated/α-hetero) is 1. The van der Waals surface area contributed by atoms with Gasteiger partial charge in [0.1, 0.15) is 0 Å². The first kappa shape index (κ1) is 21.5. The van der Waals surface area contributed by atoms with Crippen LogP contribution < -0.4 is 0 Å². The van der Waals surface area contributed by atoms with E-state index in [0.29, 0.717) is 5.56 Å². The second-order valence-corrected chi connectivity index (χ2v) is 5.60. The van der Waals surface area contributed by atoms with E-state index in [1.54, 1.807) is 30.3 Å². The molecule has 0 bridgehead atoms. The number of ketones is 1. The number of aldehydes is 1. The molecule has 142 valence electrons. The summed E-state index contributed by atoms with van der Waals surface area (Å²) in [4.78, 5) is 46.9. The van der Waals surface area contributed by atoms with Gasteiger partial charge in [0.25, 0.3) is 0 Å². The van der Waals surface area contributed by atoms with Crippen LogP contribution in [0.5, 0.6) is 0 Å². The van der Waals surface area contributed by atoms with E-state index in [2.05, 4.69) is 0 Å². The molecule has 0 fully saturated rings. The Labute approximate surface area is 151 Å². The Hall–Kier alpha value is -2.58. The van der Waals surface area contributed by atoms with Crippen molar-refractivity contribution in [3.63, 3.8) is 0 Å². The lowest BCUT2D eigenvalue weighted by Gasteiger charge is -2.36. The van der Waals surface area contributed by atoms with Crippen molar-refractivity contribution < 1.29 is 38.5 Å². The Morgan fingerprint density at radius 1 is 1.08 bits per heavy atom. The van der Waals surface area contributed by atoms with Crippen LogP contribution in [0.1, 0.15) is 26.3 Å². The molecule has 0 heterocycles. The normalized spacial score (nSPS) is 15.2. The molecule has 0 unspecified atom stereocenters. The van der Waals surface area contributed by atoms with Crippen molar-refractivity contribution in [3.8, 4) is 0 Å². The average molecular weight is 366 g/mol. The molecule has 0 aromatic heterocycles. The Balaban J connectivity index is 3.27. The number of ether oxygens (including phenoxy) is 3. The summed E-state index contributed by atoms with van der Waals surface area (Å²) in [7, 11) is 0. The quantitative estimate of drug-likeness (QED) is 0.363. The third-order valence-corrected chi connectivity index (χ3v) is 3.60. The highest BCUT2D eigenvalue weighted by Gasteiger charge is 2.52. The van der Waals surface area contributed by atoms with E-state index in [-0.39, 0.29) is 12.9 Å². The molecule has 0 radical (unpaired) electrons. The lowest BCUT2D eigenvalue weighted by atomic mass is 9.89. The number of carbonyl (C=O) groups is 4. The van der Waals surface area contributed by atoms with Crippen molar-refractivity contribution in [1.29, 1.82) is 0 Å². The number of esters is 2. The number of benzene rings is 1. The largest absolute Gasteiger partial charge is 0.456 e. The highest BCUT2D eigenvalue weighted by Crippen LogP contribution is 2.25. The molecule has 0 saturated carbocycles. The SMILES string of the molecule is CC(=O)O[C@H]([C@@H](CO)OC(C)=O)[C@](C=O)(OCc1ccccc1)C(C)=O. The van der Waals surface area contributed by atoms with Crippen LogP contribution in [0.25, 0.3) is 0 Å². The van der Waals surface area contributed by atoms with Crippen LogP contribution in [0.4, 0.5) is 0 Å². The minimum absolute atomic E-state index is 0.144. The summed E-state index contributed by atoms with van der Waals surface area (Å²) in [5.41, 5.74) is -1.58. The zero-order chi connectivity index (χ0) is 19.7. The van der Waals surface area contributed by atoms with Gasteiger partial charge in [0, 0.05) is 13.8 Å². The second-order valence-electron chi connectivity index (χ2n) is 5.60. The van der Waals surface area contributed by atoms with E-state index in [1.165, 1.54) is 0 Å². The molecule has 8 heteroatoms. The summed E-state index contributed by atoms with van der Waals surface area (Å²) in [6, 6.07) is 8.70. The molecule has 1 aromatic rings. The zero-order valence-electron chi connectivity index (χ0n) is 14.8. The van der Waals surface area contributed by atoms with Crippen molar-refractivity contribution in [2.24, 2.45) is 0 Å². The van der Waals surface area contributed by atoms with Gasteiger partial charge < -0.3 is 19.3 Å². The average Bonchev–Trinajstić information content (AvgIpc) is 2.59. The van der Waals surface area contributed by atoms with E-state index < -0.39 is 42.1 Å². The van der Waals surface area contributed by atoms with Crippen LogP contribution in [0.15, 0.2) is 30.3 Å². The van der Waals surface area contributed by atoms with Gasteiger partial charge in [0.05, 0.1) is 13.2 Å². The molecule has 0 amide bonds. The van der Waals surface area contributed by atoms with Crippen molar-refractivity contribution in [1.82, 2.24) is 0 Å². The summed E-state index contributed by atoms with van der Waals surface area (Å²) < 4.78 is 15.5. The number of carbonyl (C=O) groups excluding carboxylic acids is 4. The van der Waals surface area contributed by atoms with Gasteiger partial charge in [-0.15, -0.1) is 0 Å². The fourth-order valence-electron chi connectivity index (χ4n) is 2.37. The van der Waals surface area contributed by atoms with E-state index in [9.17, 15) is 24.3 Å². The molecular weight excluding hydrogens is 344 g/mol. The molecule has 0 aliphatic heterocycles. The number of aliphatic hydroxyl groups is 1. The molecule has 3 atom stereocenters. The van der Waals surface area contributed by atoms with Gasteiger partial charge >= 0.3 is 11.9 Å². The molecule has 0 saturated heterocycles. The first-order valence-electron chi connectivity index (χ1n) is 7.87. The monoisotopic (exact) mass is 366 g/mol. The summed E-state index contributed by atoms with van der Waals surface area (Å²) >= 11 is 0. The van der Waals surface area contributed by atoms with Crippen molar-refractivity contribution in [3.05, 3.63) is 35.9 Å². The van der Waals surface area contributed by atoms with Crippen molar-refractivity contribution in [2.75, 3.05) is 6.61 Å². The maximum absolute atomic E-state index is 12.3. The molecule has 0 spiro atoms. The topological polar surface area (TPSA) is 116 Å². The fraction of sp³-hybridized carbons (Fsp3) is 0.444. The van der Waals surface area contributed by atoms with Gasteiger partial charge in [-0.1, -0.05) is 30.3 Å². The van der Waals surface area contributed by atoms with Gasteiger partial charge in [-0.2, -0.15) is 0 Å². The number of rotatable bonds is 10. The van der Waals surface area contributed by atoms with Crippen LogP contribution in [-0.4, -0.2) is 53.5 Å². The summed E-state index contributed by atoms with van der Waals surface area (Å²) in [5.74, 6) is -2.38. The molecule has 0 aliphatic rings. The molecule has 0 aliphatic carbocycles. The predicted octanol–water partition coefficient (Wildman–Crippen LogP) is 0.586. The van der Waals surface area contributed by atoms with Crippen LogP contribution in [0.3, 0.4) is 0 Å². The third-order valence-electron chi connectivity index (χ3n) is 3.60. The van der Waals surface area contributed by atoms with Crippen LogP contribution in [-0.2, 0) is 40.0 Å². The van der Waals surface area contributed by atoms with Gasteiger partial charge in [-0.3, -0.25) is 19.2 Å². The first-order chi connectivity index (χ1) is 12.3. The van der Waals surface area contributed by atoms with Crippen molar-refractivity contribution in [2.45, 2.75) is 45.2 Å². The summed E-state index contributed by atoms with van der Waals surface area (Å²) in [6.07, 6.45) is -2.91. The standard InChI is InChI=1S/C18H22O8/c1-12(21)18(11-20,24-10-15-7-5-4-6-8-15)17(26-14(3)23)16(9-19)25-13(2)22/h4-8,11,16-17,19H,9-10H2,1-3H3/t16-,17-,18-/m1/s1. The highest BCUT2D eigenvalue weighted by molar-refractivity contribution is 6.01. The van der Waals surface area contributed by atoms with Crippen LogP contribution in [0, 0.1) is 0 Å². The molecule has 1 rings (SSSR count). The van der Waals surface area contributed by atoms with E-state index in [1.807, 2.05) is 0 Å². The summed E-state index contributed by atoms with van der Waals surface area (Å²) in [6.45, 7) is 2.29. The fourth-order valence-corrected chi connectivity index (χ4v) is 2.37. The minimum atomic E-state index is -2.25. The maximum atomic E-state index is 12.3. The van der Waals surface area contributed by atoms with Crippen LogP contribution >= 0.6 is 0 Å². The Bertz CT molecular complexity index is 642. The molecule has 26 heavy (non-hydrogen) atoms. The zero-order valence-corrected chi connectivity index (χ0v) is 14.8. The van der Waals surface area contributed by atoms with Gasteiger partial charge in [0.15, 0.2) is 24.3 Å².